The second-order valence-electron chi connectivity index (χ2n) is 5.15. The van der Waals surface area contributed by atoms with Crippen LogP contribution in [0.4, 0.5) is 0 Å². The van der Waals surface area contributed by atoms with Gasteiger partial charge in [0.25, 0.3) is 12.0 Å². The standard InChI is InChI=1S/C15H23O5PS/c1-10(2)19-21(22,20-11(3)4)15(16)14-12(17-5)8-7-9-13(14)18-6/h7-11H,1-6H3. The number of carbonyl (C=O) groups is 1. The molecule has 7 heteroatoms. The molecule has 0 aliphatic heterocycles. The lowest BCUT2D eigenvalue weighted by atomic mass is 10.2. The van der Waals surface area contributed by atoms with Gasteiger partial charge in [0.15, 0.2) is 0 Å². The summed E-state index contributed by atoms with van der Waals surface area (Å²) in [6.07, 6.45) is -0.455. The Morgan fingerprint density at radius 3 is 1.73 bits per heavy atom. The fourth-order valence-corrected chi connectivity index (χ4v) is 5.03. The Hall–Kier alpha value is -0.940. The van der Waals surface area contributed by atoms with E-state index in [1.165, 1.54) is 14.2 Å². The van der Waals surface area contributed by atoms with Gasteiger partial charge in [0.1, 0.15) is 17.1 Å². The van der Waals surface area contributed by atoms with Crippen LogP contribution in [0.25, 0.3) is 0 Å². The Labute approximate surface area is 137 Å². The summed E-state index contributed by atoms with van der Waals surface area (Å²) >= 11 is 5.48. The largest absolute Gasteiger partial charge is 0.496 e. The molecule has 124 valence electrons. The highest BCUT2D eigenvalue weighted by atomic mass is 32.5. The molecule has 0 bridgehead atoms. The van der Waals surface area contributed by atoms with Crippen molar-refractivity contribution >= 4 is 23.8 Å². The summed E-state index contributed by atoms with van der Waals surface area (Å²) < 4.78 is 22.0. The molecule has 0 N–H and O–H groups in total. The molecule has 0 saturated heterocycles. The van der Waals surface area contributed by atoms with E-state index in [4.69, 9.17) is 30.3 Å². The fourth-order valence-electron chi connectivity index (χ4n) is 1.87. The smallest absolute Gasteiger partial charge is 0.261 e. The Kier molecular flexibility index (Phi) is 7.00. The molecule has 5 nitrogen and oxygen atoms in total. The molecule has 0 unspecified atom stereocenters. The third-order valence-electron chi connectivity index (χ3n) is 2.59. The van der Waals surface area contributed by atoms with Gasteiger partial charge in [0.05, 0.1) is 26.4 Å². The van der Waals surface area contributed by atoms with Crippen molar-refractivity contribution in [3.63, 3.8) is 0 Å². The summed E-state index contributed by atoms with van der Waals surface area (Å²) in [5.41, 5.74) is -0.142. The Bertz CT molecular complexity index is 535. The summed E-state index contributed by atoms with van der Waals surface area (Å²) in [6.45, 7) is 4.08. The molecule has 0 heterocycles. The summed E-state index contributed by atoms with van der Waals surface area (Å²) in [5, 5.41) is 0. The molecule has 1 aromatic carbocycles. The van der Waals surface area contributed by atoms with E-state index in [0.717, 1.165) is 0 Å². The van der Waals surface area contributed by atoms with Crippen molar-refractivity contribution in [2.45, 2.75) is 39.9 Å². The van der Waals surface area contributed by atoms with Crippen LogP contribution in [0.5, 0.6) is 11.5 Å². The SMILES string of the molecule is COc1cccc(OC)c1C(=O)P(=S)(OC(C)C)OC(C)C. The topological polar surface area (TPSA) is 54.0 Å². The zero-order chi connectivity index (χ0) is 16.9. The van der Waals surface area contributed by atoms with E-state index in [0.29, 0.717) is 11.5 Å². The van der Waals surface area contributed by atoms with Crippen LogP contribution < -0.4 is 9.47 Å². The van der Waals surface area contributed by atoms with Gasteiger partial charge in [-0.3, -0.25) is 4.79 Å². The van der Waals surface area contributed by atoms with Crippen LogP contribution >= 0.6 is 6.49 Å². The molecule has 0 spiro atoms. The summed E-state index contributed by atoms with van der Waals surface area (Å²) in [4.78, 5) is 13.0. The van der Waals surface area contributed by atoms with Crippen molar-refractivity contribution < 1.29 is 23.3 Å². The zero-order valence-electron chi connectivity index (χ0n) is 13.8. The van der Waals surface area contributed by atoms with Crippen LogP contribution in [0.1, 0.15) is 38.1 Å². The maximum absolute atomic E-state index is 13.0. The van der Waals surface area contributed by atoms with E-state index in [2.05, 4.69) is 0 Å². The van der Waals surface area contributed by atoms with E-state index in [9.17, 15) is 4.79 Å². The molecular weight excluding hydrogens is 323 g/mol. The molecular formula is C15H23O5PS. The van der Waals surface area contributed by atoms with E-state index in [-0.39, 0.29) is 17.8 Å². The lowest BCUT2D eigenvalue weighted by molar-refractivity contribution is 0.0986. The Morgan fingerprint density at radius 1 is 1.00 bits per heavy atom. The lowest BCUT2D eigenvalue weighted by Gasteiger charge is -2.26. The first-order chi connectivity index (χ1) is 10.2. The third-order valence-corrected chi connectivity index (χ3v) is 5.72. The minimum Gasteiger partial charge on any atom is -0.496 e. The molecule has 0 fully saturated rings. The number of carbonyl (C=O) groups excluding carboxylic acids is 1. The molecule has 1 aromatic rings. The van der Waals surface area contributed by atoms with Crippen LogP contribution in [0.3, 0.4) is 0 Å². The Balaban J connectivity index is 3.39. The molecule has 0 amide bonds. The molecule has 1 rings (SSSR count). The molecule has 0 saturated carbocycles. The number of rotatable bonds is 8. The maximum Gasteiger partial charge on any atom is 0.261 e. The number of hydrogen-bond donors (Lipinski definition) is 0. The first-order valence-electron chi connectivity index (χ1n) is 6.98. The van der Waals surface area contributed by atoms with Gasteiger partial charge in [-0.2, -0.15) is 0 Å². The molecule has 0 aliphatic carbocycles. The third kappa shape index (κ3) is 4.53. The summed E-state index contributed by atoms with van der Waals surface area (Å²) in [7, 11) is 2.98. The monoisotopic (exact) mass is 346 g/mol. The first kappa shape index (κ1) is 19.1. The minimum absolute atomic E-state index is 0.228. The quantitative estimate of drug-likeness (QED) is 0.663. The lowest BCUT2D eigenvalue weighted by Crippen LogP contribution is -2.15. The minimum atomic E-state index is -3.19. The van der Waals surface area contributed by atoms with Crippen molar-refractivity contribution in [3.05, 3.63) is 23.8 Å². The second-order valence-corrected chi connectivity index (χ2v) is 8.41. The summed E-state index contributed by atoms with van der Waals surface area (Å²) in [5.74, 6) is 0.775. The van der Waals surface area contributed by atoms with Crippen molar-refractivity contribution in [2.24, 2.45) is 0 Å². The van der Waals surface area contributed by atoms with Crippen LogP contribution in [-0.4, -0.2) is 32.0 Å². The maximum atomic E-state index is 13.0. The molecule has 22 heavy (non-hydrogen) atoms. The van der Waals surface area contributed by atoms with Crippen molar-refractivity contribution in [2.75, 3.05) is 14.2 Å². The molecule has 0 radical (unpaired) electrons. The predicted molar refractivity (Wildman–Crippen MR) is 90.6 cm³/mol. The van der Waals surface area contributed by atoms with Gasteiger partial charge in [-0.15, -0.1) is 0 Å². The van der Waals surface area contributed by atoms with Gasteiger partial charge in [0, 0.05) is 0 Å². The first-order valence-corrected chi connectivity index (χ1v) is 9.61. The average Bonchev–Trinajstić information content (AvgIpc) is 2.43. The fraction of sp³-hybridized carbons (Fsp3) is 0.533. The van der Waals surface area contributed by atoms with Crippen molar-refractivity contribution in [1.82, 2.24) is 0 Å². The molecule has 0 atom stereocenters. The average molecular weight is 346 g/mol. The van der Waals surface area contributed by atoms with E-state index in [1.54, 1.807) is 18.2 Å². The summed E-state index contributed by atoms with van der Waals surface area (Å²) in [6, 6.07) is 5.10. The van der Waals surface area contributed by atoms with Gasteiger partial charge in [0.2, 0.25) is 0 Å². The van der Waals surface area contributed by atoms with E-state index >= 15 is 0 Å². The van der Waals surface area contributed by atoms with Crippen LogP contribution in [-0.2, 0) is 20.9 Å². The number of benzene rings is 1. The van der Waals surface area contributed by atoms with E-state index < -0.39 is 12.0 Å². The highest BCUT2D eigenvalue weighted by molar-refractivity contribution is 8.18. The van der Waals surface area contributed by atoms with Gasteiger partial charge in [-0.05, 0) is 51.6 Å². The van der Waals surface area contributed by atoms with Crippen LogP contribution in [0, 0.1) is 0 Å². The van der Waals surface area contributed by atoms with Crippen molar-refractivity contribution in [3.8, 4) is 11.5 Å². The Morgan fingerprint density at radius 2 is 1.41 bits per heavy atom. The second kappa shape index (κ2) is 8.06. The van der Waals surface area contributed by atoms with Crippen LogP contribution in [0.15, 0.2) is 18.2 Å². The highest BCUT2D eigenvalue weighted by Gasteiger charge is 2.36. The van der Waals surface area contributed by atoms with Gasteiger partial charge >= 0.3 is 0 Å². The van der Waals surface area contributed by atoms with Crippen molar-refractivity contribution in [1.29, 1.82) is 0 Å². The van der Waals surface area contributed by atoms with Gasteiger partial charge in [-0.25, -0.2) is 0 Å². The predicted octanol–water partition coefficient (Wildman–Crippen LogP) is 4.00. The zero-order valence-corrected chi connectivity index (χ0v) is 15.5. The number of methoxy groups -OCH3 is 2. The number of ether oxygens (including phenoxy) is 2. The highest BCUT2D eigenvalue weighted by Crippen LogP contribution is 2.55. The molecule has 0 aliphatic rings. The van der Waals surface area contributed by atoms with Crippen LogP contribution in [0.2, 0.25) is 0 Å². The van der Waals surface area contributed by atoms with Gasteiger partial charge in [-0.1, -0.05) is 6.07 Å². The normalized spacial score (nSPS) is 11.8. The molecule has 0 aromatic heterocycles. The van der Waals surface area contributed by atoms with Gasteiger partial charge < -0.3 is 18.5 Å². The van der Waals surface area contributed by atoms with E-state index in [1.807, 2.05) is 27.7 Å². The number of hydrogen-bond acceptors (Lipinski definition) is 6.